The third kappa shape index (κ3) is 5.08. The Labute approximate surface area is 152 Å². The number of non-ortho nitro benzene ring substituents is 1. The molecule has 0 heterocycles. The van der Waals surface area contributed by atoms with Crippen LogP contribution in [0.4, 0.5) is 5.69 Å². The molecule has 0 amide bonds. The van der Waals surface area contributed by atoms with E-state index >= 15 is 0 Å². The topological polar surface area (TPSA) is 91.0 Å². The lowest BCUT2D eigenvalue weighted by Crippen LogP contribution is -2.05. The molecule has 2 rings (SSSR count). The van der Waals surface area contributed by atoms with Crippen LogP contribution in [0.1, 0.15) is 30.8 Å². The van der Waals surface area contributed by atoms with Crippen molar-refractivity contribution in [3.05, 3.63) is 75.8 Å². The standard InChI is InChI=1S/C18H21N2O5P/c1-3-24-26(23,25-4-2)18(16-8-6-5-7-9-16)19-14-15-10-12-17(13-11-15)20(21)22/h5-14,18H,3-4H2,1-2H3. The lowest BCUT2D eigenvalue weighted by molar-refractivity contribution is -0.384. The largest absolute Gasteiger partial charge is 0.359 e. The maximum Gasteiger partial charge on any atom is 0.359 e. The zero-order valence-electron chi connectivity index (χ0n) is 14.6. The van der Waals surface area contributed by atoms with Crippen LogP contribution in [0.25, 0.3) is 0 Å². The van der Waals surface area contributed by atoms with Crippen molar-refractivity contribution in [3.8, 4) is 0 Å². The van der Waals surface area contributed by atoms with E-state index in [2.05, 4.69) is 4.99 Å². The van der Waals surface area contributed by atoms with Crippen LogP contribution in [-0.4, -0.2) is 24.4 Å². The molecular weight excluding hydrogens is 355 g/mol. The van der Waals surface area contributed by atoms with Gasteiger partial charge in [0.25, 0.3) is 5.69 Å². The number of rotatable bonds is 9. The fraction of sp³-hybridized carbons (Fsp3) is 0.278. The lowest BCUT2D eigenvalue weighted by Gasteiger charge is -2.23. The highest BCUT2D eigenvalue weighted by Crippen LogP contribution is 2.61. The summed E-state index contributed by atoms with van der Waals surface area (Å²) in [5, 5.41) is 10.7. The average Bonchev–Trinajstić information content (AvgIpc) is 2.63. The van der Waals surface area contributed by atoms with Crippen LogP contribution in [-0.2, 0) is 13.6 Å². The van der Waals surface area contributed by atoms with Gasteiger partial charge in [0.2, 0.25) is 0 Å². The number of nitro groups is 1. The summed E-state index contributed by atoms with van der Waals surface area (Å²) in [5.74, 6) is -0.821. The van der Waals surface area contributed by atoms with Crippen LogP contribution in [0.5, 0.6) is 0 Å². The number of nitrogens with zero attached hydrogens (tertiary/aromatic N) is 2. The molecule has 26 heavy (non-hydrogen) atoms. The molecule has 0 aromatic heterocycles. The van der Waals surface area contributed by atoms with Gasteiger partial charge in [0, 0.05) is 18.3 Å². The van der Waals surface area contributed by atoms with Crippen molar-refractivity contribution in [1.82, 2.24) is 0 Å². The molecule has 0 bridgehead atoms. The van der Waals surface area contributed by atoms with Crippen LogP contribution >= 0.6 is 7.60 Å². The van der Waals surface area contributed by atoms with Gasteiger partial charge in [-0.1, -0.05) is 30.3 Å². The SMILES string of the molecule is CCOP(=O)(OCC)C(N=Cc1ccc([N+](=O)[O-])cc1)c1ccccc1. The molecule has 1 unspecified atom stereocenters. The van der Waals surface area contributed by atoms with Crippen LogP contribution in [0.15, 0.2) is 59.6 Å². The Kier molecular flexibility index (Phi) is 7.21. The van der Waals surface area contributed by atoms with Crippen LogP contribution in [0, 0.1) is 10.1 Å². The van der Waals surface area contributed by atoms with Crippen molar-refractivity contribution in [1.29, 1.82) is 0 Å². The van der Waals surface area contributed by atoms with Gasteiger partial charge in [-0.05, 0) is 37.1 Å². The van der Waals surface area contributed by atoms with Crippen LogP contribution < -0.4 is 0 Å². The van der Waals surface area contributed by atoms with E-state index in [1.54, 1.807) is 26.0 Å². The summed E-state index contributed by atoms with van der Waals surface area (Å²) >= 11 is 0. The fourth-order valence-electron chi connectivity index (χ4n) is 2.35. The second-order valence-electron chi connectivity index (χ2n) is 5.29. The molecule has 0 aliphatic rings. The molecular formula is C18H21N2O5P. The first-order valence-corrected chi connectivity index (χ1v) is 9.82. The fourth-order valence-corrected chi connectivity index (χ4v) is 4.20. The van der Waals surface area contributed by atoms with Gasteiger partial charge in [-0.3, -0.25) is 19.7 Å². The predicted octanol–water partition coefficient (Wildman–Crippen LogP) is 4.98. The highest BCUT2D eigenvalue weighted by molar-refractivity contribution is 7.54. The van der Waals surface area contributed by atoms with Crippen molar-refractivity contribution in [2.45, 2.75) is 19.6 Å². The Morgan fingerprint density at radius 2 is 1.65 bits per heavy atom. The summed E-state index contributed by atoms with van der Waals surface area (Å²) in [6.07, 6.45) is 1.52. The summed E-state index contributed by atoms with van der Waals surface area (Å²) in [4.78, 5) is 14.7. The molecule has 0 saturated heterocycles. The molecule has 0 spiro atoms. The average molecular weight is 376 g/mol. The summed E-state index contributed by atoms with van der Waals surface area (Å²) in [5.41, 5.74) is 1.35. The monoisotopic (exact) mass is 376 g/mol. The third-order valence-electron chi connectivity index (χ3n) is 3.48. The molecule has 0 aliphatic heterocycles. The van der Waals surface area contributed by atoms with Crippen molar-refractivity contribution < 1.29 is 18.5 Å². The van der Waals surface area contributed by atoms with Gasteiger partial charge >= 0.3 is 7.60 Å². The summed E-state index contributed by atoms with van der Waals surface area (Å²) < 4.78 is 24.1. The Balaban J connectivity index is 2.37. The Morgan fingerprint density at radius 1 is 1.08 bits per heavy atom. The molecule has 138 valence electrons. The zero-order valence-corrected chi connectivity index (χ0v) is 15.5. The first-order chi connectivity index (χ1) is 12.5. The Bertz CT molecular complexity index is 783. The quantitative estimate of drug-likeness (QED) is 0.266. The maximum absolute atomic E-state index is 13.2. The van der Waals surface area contributed by atoms with Crippen molar-refractivity contribution in [3.63, 3.8) is 0 Å². The smallest absolute Gasteiger partial charge is 0.307 e. The first kappa shape index (κ1) is 20.0. The molecule has 0 radical (unpaired) electrons. The number of hydrogen-bond donors (Lipinski definition) is 0. The molecule has 8 heteroatoms. The van der Waals surface area contributed by atoms with Gasteiger partial charge in [0.1, 0.15) is 0 Å². The minimum Gasteiger partial charge on any atom is -0.307 e. The first-order valence-electron chi connectivity index (χ1n) is 8.21. The van der Waals surface area contributed by atoms with Crippen molar-refractivity contribution in [2.24, 2.45) is 4.99 Å². The number of nitro benzene ring substituents is 1. The lowest BCUT2D eigenvalue weighted by atomic mass is 10.2. The van der Waals surface area contributed by atoms with E-state index in [4.69, 9.17) is 9.05 Å². The zero-order chi connectivity index (χ0) is 19.0. The van der Waals surface area contributed by atoms with Crippen LogP contribution in [0.2, 0.25) is 0 Å². The van der Waals surface area contributed by atoms with E-state index in [0.717, 1.165) is 0 Å². The summed E-state index contributed by atoms with van der Waals surface area (Å²) in [6.45, 7) is 3.95. The van der Waals surface area contributed by atoms with Gasteiger partial charge in [0.05, 0.1) is 18.1 Å². The van der Waals surface area contributed by atoms with Crippen LogP contribution in [0.3, 0.4) is 0 Å². The summed E-state index contributed by atoms with van der Waals surface area (Å²) in [7, 11) is -3.52. The Hall–Kier alpha value is -2.34. The second kappa shape index (κ2) is 9.38. The molecule has 2 aromatic rings. The van der Waals surface area contributed by atoms with E-state index in [1.165, 1.54) is 18.3 Å². The van der Waals surface area contributed by atoms with Crippen molar-refractivity contribution >= 4 is 19.5 Å². The molecule has 0 aliphatic carbocycles. The minimum absolute atomic E-state index is 0.00364. The molecule has 0 fully saturated rings. The van der Waals surface area contributed by atoms with E-state index < -0.39 is 18.3 Å². The highest BCUT2D eigenvalue weighted by Gasteiger charge is 2.36. The van der Waals surface area contributed by atoms with Gasteiger partial charge in [0.15, 0.2) is 5.78 Å². The van der Waals surface area contributed by atoms with Gasteiger partial charge < -0.3 is 9.05 Å². The van der Waals surface area contributed by atoms with Crippen molar-refractivity contribution in [2.75, 3.05) is 13.2 Å². The number of benzene rings is 2. The predicted molar refractivity (Wildman–Crippen MR) is 101 cm³/mol. The van der Waals surface area contributed by atoms with Gasteiger partial charge in [-0.15, -0.1) is 0 Å². The molecule has 0 N–H and O–H groups in total. The van der Waals surface area contributed by atoms with E-state index in [0.29, 0.717) is 11.1 Å². The highest BCUT2D eigenvalue weighted by atomic mass is 31.2. The molecule has 2 aromatic carbocycles. The molecule has 7 nitrogen and oxygen atoms in total. The van der Waals surface area contributed by atoms with E-state index in [1.807, 2.05) is 30.3 Å². The number of hydrogen-bond acceptors (Lipinski definition) is 6. The number of aliphatic imine (C=N–C) groups is 1. The van der Waals surface area contributed by atoms with E-state index in [-0.39, 0.29) is 18.9 Å². The molecule has 1 atom stereocenters. The van der Waals surface area contributed by atoms with E-state index in [9.17, 15) is 14.7 Å². The van der Waals surface area contributed by atoms with Gasteiger partial charge in [-0.2, -0.15) is 0 Å². The molecule has 0 saturated carbocycles. The van der Waals surface area contributed by atoms with Gasteiger partial charge in [-0.25, -0.2) is 0 Å². The minimum atomic E-state index is -3.52. The second-order valence-corrected chi connectivity index (χ2v) is 7.37. The third-order valence-corrected chi connectivity index (χ3v) is 5.75. The maximum atomic E-state index is 13.2. The normalized spacial score (nSPS) is 13.0. The Morgan fingerprint density at radius 3 is 2.15 bits per heavy atom. The summed E-state index contributed by atoms with van der Waals surface area (Å²) in [6, 6.07) is 15.1.